The lowest BCUT2D eigenvalue weighted by Gasteiger charge is -2.10. The van der Waals surface area contributed by atoms with E-state index in [1.807, 2.05) is 23.5 Å². The Kier molecular flexibility index (Phi) is 6.02. The lowest BCUT2D eigenvalue weighted by atomic mass is 10.2. The van der Waals surface area contributed by atoms with Crippen molar-refractivity contribution in [3.63, 3.8) is 0 Å². The van der Waals surface area contributed by atoms with Crippen molar-refractivity contribution in [3.05, 3.63) is 11.3 Å². The predicted octanol–water partition coefficient (Wildman–Crippen LogP) is 1.49. The average Bonchev–Trinajstić information content (AvgIpc) is 2.51. The summed E-state index contributed by atoms with van der Waals surface area (Å²) in [6, 6.07) is 0. The van der Waals surface area contributed by atoms with Crippen LogP contribution in [0.2, 0.25) is 0 Å². The standard InChI is InChI=1S/C12H24N4S/c1-6-13-9-11-10(2)14-16(5)12(11)17-8-7-15(3)4/h13H,6-9H2,1-5H3. The first-order chi connectivity index (χ1) is 8.06. The SMILES string of the molecule is CCNCc1c(C)nn(C)c1SCCN(C)C. The van der Waals surface area contributed by atoms with Crippen molar-refractivity contribution in [1.29, 1.82) is 0 Å². The molecule has 17 heavy (non-hydrogen) atoms. The Morgan fingerprint density at radius 2 is 2.12 bits per heavy atom. The van der Waals surface area contributed by atoms with Gasteiger partial charge in [-0.1, -0.05) is 6.92 Å². The number of hydrogen-bond donors (Lipinski definition) is 1. The largest absolute Gasteiger partial charge is 0.313 e. The van der Waals surface area contributed by atoms with Gasteiger partial charge in [-0.25, -0.2) is 0 Å². The van der Waals surface area contributed by atoms with Gasteiger partial charge in [-0.05, 0) is 27.6 Å². The molecule has 0 aliphatic carbocycles. The second-order valence-corrected chi connectivity index (χ2v) is 5.51. The summed E-state index contributed by atoms with van der Waals surface area (Å²) in [6.45, 7) is 7.22. The highest BCUT2D eigenvalue weighted by molar-refractivity contribution is 7.99. The van der Waals surface area contributed by atoms with E-state index in [9.17, 15) is 0 Å². The van der Waals surface area contributed by atoms with Gasteiger partial charge in [-0.2, -0.15) is 5.10 Å². The fourth-order valence-corrected chi connectivity index (χ4v) is 2.91. The minimum absolute atomic E-state index is 0.917. The monoisotopic (exact) mass is 256 g/mol. The van der Waals surface area contributed by atoms with Crippen LogP contribution < -0.4 is 5.32 Å². The molecule has 1 heterocycles. The quantitative estimate of drug-likeness (QED) is 0.749. The van der Waals surface area contributed by atoms with Crippen LogP contribution in [0, 0.1) is 6.92 Å². The Balaban J connectivity index is 2.67. The maximum Gasteiger partial charge on any atom is 0.0984 e. The van der Waals surface area contributed by atoms with Crippen LogP contribution in [0.15, 0.2) is 5.03 Å². The molecule has 1 rings (SSSR count). The summed E-state index contributed by atoms with van der Waals surface area (Å²) >= 11 is 1.89. The maximum absolute atomic E-state index is 4.50. The van der Waals surface area contributed by atoms with E-state index in [1.54, 1.807) is 0 Å². The molecule has 0 aliphatic rings. The molecule has 1 aromatic heterocycles. The van der Waals surface area contributed by atoms with Crippen LogP contribution in [0.3, 0.4) is 0 Å². The number of aromatic nitrogens is 2. The molecular weight excluding hydrogens is 232 g/mol. The summed E-state index contributed by atoms with van der Waals surface area (Å²) < 4.78 is 2.00. The molecule has 1 N–H and O–H groups in total. The van der Waals surface area contributed by atoms with Gasteiger partial charge >= 0.3 is 0 Å². The Morgan fingerprint density at radius 1 is 1.41 bits per heavy atom. The highest BCUT2D eigenvalue weighted by Crippen LogP contribution is 2.24. The van der Waals surface area contributed by atoms with Crippen LogP contribution in [0.5, 0.6) is 0 Å². The molecule has 0 aliphatic heterocycles. The van der Waals surface area contributed by atoms with E-state index in [0.717, 1.165) is 31.1 Å². The van der Waals surface area contributed by atoms with E-state index in [1.165, 1.54) is 10.6 Å². The zero-order valence-corrected chi connectivity index (χ0v) is 12.4. The second kappa shape index (κ2) is 7.03. The van der Waals surface area contributed by atoms with Gasteiger partial charge in [0.15, 0.2) is 0 Å². The van der Waals surface area contributed by atoms with E-state index < -0.39 is 0 Å². The number of nitrogens with one attached hydrogen (secondary N) is 1. The van der Waals surface area contributed by atoms with Crippen LogP contribution in [0.1, 0.15) is 18.2 Å². The molecule has 0 saturated heterocycles. The number of nitrogens with zero attached hydrogens (tertiary/aromatic N) is 3. The van der Waals surface area contributed by atoms with Gasteiger partial charge in [-0.3, -0.25) is 4.68 Å². The molecule has 0 spiro atoms. The summed E-state index contributed by atoms with van der Waals surface area (Å²) in [4.78, 5) is 2.21. The van der Waals surface area contributed by atoms with Crippen LogP contribution >= 0.6 is 11.8 Å². The summed E-state index contributed by atoms with van der Waals surface area (Å²) in [5.41, 5.74) is 2.49. The summed E-state index contributed by atoms with van der Waals surface area (Å²) in [7, 11) is 6.24. The van der Waals surface area contributed by atoms with Gasteiger partial charge in [0.25, 0.3) is 0 Å². The molecule has 0 saturated carbocycles. The Morgan fingerprint density at radius 3 is 2.71 bits per heavy atom. The number of rotatable bonds is 7. The summed E-state index contributed by atoms with van der Waals surface area (Å²) in [5.74, 6) is 1.10. The molecule has 0 unspecified atom stereocenters. The maximum atomic E-state index is 4.50. The molecule has 0 bridgehead atoms. The Hall–Kier alpha value is -0.520. The second-order valence-electron chi connectivity index (χ2n) is 4.42. The molecule has 0 radical (unpaired) electrons. The molecule has 0 atom stereocenters. The first kappa shape index (κ1) is 14.5. The van der Waals surface area contributed by atoms with E-state index in [-0.39, 0.29) is 0 Å². The zero-order chi connectivity index (χ0) is 12.8. The zero-order valence-electron chi connectivity index (χ0n) is 11.6. The van der Waals surface area contributed by atoms with Gasteiger partial charge in [0.05, 0.1) is 10.7 Å². The van der Waals surface area contributed by atoms with Gasteiger partial charge in [0, 0.05) is 31.5 Å². The number of thioether (sulfide) groups is 1. The average molecular weight is 256 g/mol. The molecule has 0 fully saturated rings. The fraction of sp³-hybridized carbons (Fsp3) is 0.750. The smallest absolute Gasteiger partial charge is 0.0984 e. The normalized spacial score (nSPS) is 11.4. The van der Waals surface area contributed by atoms with E-state index in [0.29, 0.717) is 0 Å². The Labute approximate surface area is 109 Å². The third-order valence-electron chi connectivity index (χ3n) is 2.62. The first-order valence-corrected chi connectivity index (χ1v) is 7.05. The molecule has 98 valence electrons. The van der Waals surface area contributed by atoms with Crippen molar-refractivity contribution in [2.75, 3.05) is 32.9 Å². The fourth-order valence-electron chi connectivity index (χ4n) is 1.64. The van der Waals surface area contributed by atoms with Crippen LogP contribution in [-0.4, -0.2) is 47.6 Å². The number of hydrogen-bond acceptors (Lipinski definition) is 4. The topological polar surface area (TPSA) is 33.1 Å². The van der Waals surface area contributed by atoms with E-state index in [4.69, 9.17) is 0 Å². The molecule has 0 amide bonds. The van der Waals surface area contributed by atoms with Gasteiger partial charge < -0.3 is 10.2 Å². The lowest BCUT2D eigenvalue weighted by Crippen LogP contribution is -2.16. The summed E-state index contributed by atoms with van der Waals surface area (Å²) in [5, 5.41) is 9.18. The van der Waals surface area contributed by atoms with Crippen molar-refractivity contribution in [3.8, 4) is 0 Å². The van der Waals surface area contributed by atoms with Crippen molar-refractivity contribution in [1.82, 2.24) is 20.0 Å². The van der Waals surface area contributed by atoms with Crippen molar-refractivity contribution in [2.24, 2.45) is 7.05 Å². The predicted molar refractivity (Wildman–Crippen MR) is 74.6 cm³/mol. The van der Waals surface area contributed by atoms with Gasteiger partial charge in [0.2, 0.25) is 0 Å². The van der Waals surface area contributed by atoms with Gasteiger partial charge in [-0.15, -0.1) is 11.8 Å². The minimum Gasteiger partial charge on any atom is -0.313 e. The van der Waals surface area contributed by atoms with Crippen molar-refractivity contribution in [2.45, 2.75) is 25.4 Å². The molecule has 5 heteroatoms. The first-order valence-electron chi connectivity index (χ1n) is 6.07. The highest BCUT2D eigenvalue weighted by atomic mass is 32.2. The van der Waals surface area contributed by atoms with Crippen LogP contribution in [-0.2, 0) is 13.6 Å². The summed E-state index contributed by atoms with van der Waals surface area (Å²) in [6.07, 6.45) is 0. The third kappa shape index (κ3) is 4.33. The van der Waals surface area contributed by atoms with Gasteiger partial charge in [0.1, 0.15) is 0 Å². The Bertz CT molecular complexity index is 347. The molecule has 0 aromatic carbocycles. The highest BCUT2D eigenvalue weighted by Gasteiger charge is 2.12. The molecule has 4 nitrogen and oxygen atoms in total. The van der Waals surface area contributed by atoms with E-state index in [2.05, 4.69) is 43.3 Å². The molecular formula is C12H24N4S. The van der Waals surface area contributed by atoms with Crippen LogP contribution in [0.25, 0.3) is 0 Å². The number of aryl methyl sites for hydroxylation is 2. The van der Waals surface area contributed by atoms with Crippen LogP contribution in [0.4, 0.5) is 0 Å². The molecule has 1 aromatic rings. The third-order valence-corrected chi connectivity index (χ3v) is 3.79. The van der Waals surface area contributed by atoms with E-state index >= 15 is 0 Å². The van der Waals surface area contributed by atoms with Crippen molar-refractivity contribution >= 4 is 11.8 Å². The van der Waals surface area contributed by atoms with Crippen molar-refractivity contribution < 1.29 is 0 Å². The minimum atomic E-state index is 0.917. The lowest BCUT2D eigenvalue weighted by molar-refractivity contribution is 0.437.